The monoisotopic (exact) mass is 532 g/mol. The van der Waals surface area contributed by atoms with E-state index in [1.54, 1.807) is 25.0 Å². The fraction of sp³-hybridized carbons (Fsp3) is 0.600. The predicted molar refractivity (Wildman–Crippen MR) is 153 cm³/mol. The number of aryl methyl sites for hydroxylation is 1. The molecule has 0 spiro atoms. The van der Waals surface area contributed by atoms with E-state index in [1.165, 1.54) is 64.2 Å². The number of allylic oxidation sites excluding steroid dienone is 1. The Balaban J connectivity index is 0.000000537. The van der Waals surface area contributed by atoms with Gasteiger partial charge in [0.25, 0.3) is 0 Å². The molecule has 0 aromatic heterocycles. The van der Waals surface area contributed by atoms with Crippen LogP contribution >= 0.6 is 0 Å². The van der Waals surface area contributed by atoms with Gasteiger partial charge in [0.05, 0.1) is 0 Å². The summed E-state index contributed by atoms with van der Waals surface area (Å²) in [4.78, 5) is 30.5. The molecule has 1 heterocycles. The number of hydrogen-bond donors (Lipinski definition) is 1. The van der Waals surface area contributed by atoms with Crippen molar-refractivity contribution in [1.82, 2.24) is 5.32 Å². The normalized spacial score (nSPS) is 19.8. The van der Waals surface area contributed by atoms with Crippen molar-refractivity contribution in [2.75, 3.05) is 6.54 Å². The molecular weight excluding hydrogens is 487 g/mol. The molecule has 1 saturated heterocycles. The molecule has 211 valence electrons. The van der Waals surface area contributed by atoms with Crippen molar-refractivity contribution in [3.05, 3.63) is 35.4 Å². The second-order valence-electron chi connectivity index (χ2n) is 9.40. The number of ether oxygens (including phenoxy) is 1. The molecule has 1 aliphatic carbocycles. The second kappa shape index (κ2) is 21.3. The number of benzene rings is 1. The Hall–Kier alpha value is -2.64. The summed E-state index contributed by atoms with van der Waals surface area (Å²) >= 11 is 0. The topological polar surface area (TPSA) is 72.5 Å². The van der Waals surface area contributed by atoms with Crippen LogP contribution in [-0.4, -0.2) is 44.6 Å². The van der Waals surface area contributed by atoms with E-state index >= 15 is 0 Å². The van der Waals surface area contributed by atoms with Crippen LogP contribution in [0.25, 0.3) is 6.08 Å². The second-order valence-corrected chi connectivity index (χ2v) is 9.40. The van der Waals surface area contributed by atoms with Crippen LogP contribution in [0.3, 0.4) is 0 Å². The quantitative estimate of drug-likeness (QED) is 0.224. The first-order valence-corrected chi connectivity index (χ1v) is 13.6. The van der Waals surface area contributed by atoms with Gasteiger partial charge in [-0.15, -0.1) is 0 Å². The molecule has 1 radical (unpaired) electrons. The van der Waals surface area contributed by atoms with E-state index in [0.29, 0.717) is 5.56 Å². The van der Waals surface area contributed by atoms with Gasteiger partial charge in [0.2, 0.25) is 0 Å². The third-order valence-corrected chi connectivity index (χ3v) is 6.69. The third kappa shape index (κ3) is 14.9. The number of rotatable bonds is 9. The van der Waals surface area contributed by atoms with Gasteiger partial charge in [0.15, 0.2) is 5.78 Å². The first-order chi connectivity index (χ1) is 18.1. The first kappa shape index (κ1) is 35.4. The summed E-state index contributed by atoms with van der Waals surface area (Å²) in [6.07, 6.45) is 13.6. The molecule has 3 unspecified atom stereocenters. The Kier molecular flexibility index (Phi) is 19.8. The predicted octanol–water partition coefficient (Wildman–Crippen LogP) is 6.50. The van der Waals surface area contributed by atoms with Gasteiger partial charge in [-0.3, -0.25) is 4.79 Å². The van der Waals surface area contributed by atoms with Gasteiger partial charge in [-0.1, -0.05) is 58.1 Å². The molecule has 1 N–H and O–H groups in total. The fourth-order valence-corrected chi connectivity index (χ4v) is 4.67. The molecule has 38 heavy (non-hydrogen) atoms. The molecule has 1 aliphatic heterocycles. The molecule has 5 nitrogen and oxygen atoms in total. The number of halogens is 2. The van der Waals surface area contributed by atoms with Crippen LogP contribution < -0.4 is 10.1 Å². The molecule has 2 fully saturated rings. The summed E-state index contributed by atoms with van der Waals surface area (Å²) in [5.74, 6) is 4.12. The van der Waals surface area contributed by atoms with Crippen LogP contribution in [0.5, 0.6) is 5.75 Å². The van der Waals surface area contributed by atoms with Crippen LogP contribution in [0.4, 0.5) is 8.78 Å². The molecule has 1 saturated carbocycles. The van der Waals surface area contributed by atoms with Crippen molar-refractivity contribution in [2.45, 2.75) is 92.6 Å². The van der Waals surface area contributed by atoms with E-state index in [9.17, 15) is 18.4 Å². The average molecular weight is 533 g/mol. The Bertz CT molecular complexity index is 866. The van der Waals surface area contributed by atoms with Crippen molar-refractivity contribution in [1.29, 1.82) is 0 Å². The maximum absolute atomic E-state index is 12.1. The van der Waals surface area contributed by atoms with Crippen LogP contribution in [0.2, 0.25) is 0 Å². The van der Waals surface area contributed by atoms with Gasteiger partial charge < -0.3 is 9.53 Å². The first-order valence-electron chi connectivity index (χ1n) is 13.6. The molecule has 3 rings (SSSR count). The van der Waals surface area contributed by atoms with Crippen molar-refractivity contribution in [2.24, 2.45) is 17.8 Å². The number of carbonyl (C=O) groups excluding carboxylic acids is 3. The van der Waals surface area contributed by atoms with Gasteiger partial charge in [0, 0.05) is 5.56 Å². The van der Waals surface area contributed by atoms with Crippen LogP contribution in [0.15, 0.2) is 24.3 Å². The molecule has 3 atom stereocenters. The average Bonchev–Trinajstić information content (AvgIpc) is 3.51. The fourth-order valence-electron chi connectivity index (χ4n) is 4.67. The van der Waals surface area contributed by atoms with Gasteiger partial charge in [-0.05, 0) is 56.4 Å². The maximum atomic E-state index is 12.1. The summed E-state index contributed by atoms with van der Waals surface area (Å²) in [7, 11) is 5.20. The molecular formula is C30H45BF2NO4. The summed E-state index contributed by atoms with van der Waals surface area (Å²) in [5, 5.41) is 2.78. The number of ketones is 1. The van der Waals surface area contributed by atoms with Crippen molar-refractivity contribution in [3.63, 3.8) is 0 Å². The van der Waals surface area contributed by atoms with Crippen molar-refractivity contribution in [3.8, 4) is 5.75 Å². The molecule has 1 aromatic carbocycles. The molecule has 0 bridgehead atoms. The van der Waals surface area contributed by atoms with Crippen LogP contribution in [0, 0.1) is 24.7 Å². The summed E-state index contributed by atoms with van der Waals surface area (Å²) in [6.45, 7) is 7.23. The Morgan fingerprint density at radius 1 is 1.18 bits per heavy atom. The molecule has 1 amide bonds. The number of aldehydes is 1. The number of amides is 1. The summed E-state index contributed by atoms with van der Waals surface area (Å²) in [5.41, 5.74) is 1.27. The third-order valence-electron chi connectivity index (χ3n) is 6.69. The van der Waals surface area contributed by atoms with E-state index in [4.69, 9.17) is 12.3 Å². The molecule has 8 heteroatoms. The van der Waals surface area contributed by atoms with E-state index < -0.39 is 6.61 Å². The van der Waals surface area contributed by atoms with Crippen molar-refractivity contribution >= 4 is 37.5 Å². The van der Waals surface area contributed by atoms with E-state index in [2.05, 4.69) is 23.9 Å². The van der Waals surface area contributed by atoms with Gasteiger partial charge in [-0.25, -0.2) is 0 Å². The Morgan fingerprint density at radius 3 is 2.24 bits per heavy atom. The van der Waals surface area contributed by atoms with Crippen molar-refractivity contribution < 1.29 is 27.9 Å². The zero-order valence-electron chi connectivity index (χ0n) is 23.7. The standard InChI is InChI=1S/C12H12F2O2.C9H18.C7H11BNO.C2H4O/c1-8-4-3-5-11(16-12(13)14)10(8)7-6-9(2)15;1-3-8-6-5-7-9(8)4-2;8-4-1-2-6-3-5-9-7(6)10;1-2-3/h3-7,12H,1-2H3;8-9H,3-7H2,1-2H3;4,6H,1-3,5H2,(H,9,10);2H,1H3/b7-6+;;;. The van der Waals surface area contributed by atoms with E-state index in [1.807, 2.05) is 0 Å². The SMILES string of the molecule is CC(=O)/C=C/c1c(C)cccc1OC(F)F.CC=O.CCC1CCCC1CC.[B]=CCCC1CCNC1=O. The number of alkyl halides is 2. The summed E-state index contributed by atoms with van der Waals surface area (Å²) < 4.78 is 28.6. The van der Waals surface area contributed by atoms with E-state index in [0.717, 1.165) is 49.5 Å². The minimum absolute atomic E-state index is 0.0764. The van der Waals surface area contributed by atoms with Gasteiger partial charge >= 0.3 is 67.8 Å². The molecule has 1 aromatic rings. The summed E-state index contributed by atoms with van der Waals surface area (Å²) in [6, 6.07) is 4.83. The van der Waals surface area contributed by atoms with Crippen LogP contribution in [0.1, 0.15) is 90.2 Å². The van der Waals surface area contributed by atoms with Gasteiger partial charge in [0.1, 0.15) is 12.0 Å². The van der Waals surface area contributed by atoms with E-state index in [-0.39, 0.29) is 23.4 Å². The number of hydrogen-bond acceptors (Lipinski definition) is 4. The number of nitrogens with one attached hydrogen (secondary N) is 1. The van der Waals surface area contributed by atoms with Gasteiger partial charge in [-0.2, -0.15) is 8.78 Å². The zero-order valence-corrected chi connectivity index (χ0v) is 23.7. The minimum atomic E-state index is -2.87. The van der Waals surface area contributed by atoms with Crippen LogP contribution in [-0.2, 0) is 14.4 Å². The Labute approximate surface area is 228 Å². The zero-order chi connectivity index (χ0) is 28.9. The number of carbonyl (C=O) groups is 3. The molecule has 2 aliphatic rings. The Morgan fingerprint density at radius 2 is 1.79 bits per heavy atom.